The summed E-state index contributed by atoms with van der Waals surface area (Å²) in [6.45, 7) is 6.34. The lowest BCUT2D eigenvalue weighted by molar-refractivity contribution is 0.305. The van der Waals surface area contributed by atoms with Gasteiger partial charge in [0.2, 0.25) is 0 Å². The lowest BCUT2D eigenvalue weighted by Crippen LogP contribution is -1.86. The molecule has 0 saturated carbocycles. The molecule has 0 aromatic rings. The third-order valence-electron chi connectivity index (χ3n) is 1.75. The van der Waals surface area contributed by atoms with Gasteiger partial charge in [-0.2, -0.15) is 0 Å². The van der Waals surface area contributed by atoms with Gasteiger partial charge in [0.25, 0.3) is 0 Å². The highest BCUT2D eigenvalue weighted by Gasteiger charge is 1.91. The second-order valence-electron chi connectivity index (χ2n) is 2.64. The highest BCUT2D eigenvalue weighted by Crippen LogP contribution is 2.05. The van der Waals surface area contributed by atoms with E-state index in [4.69, 9.17) is 4.74 Å². The normalized spacial score (nSPS) is 15.5. The largest absolute Gasteiger partial charge is 0.497 e. The van der Waals surface area contributed by atoms with Crippen LogP contribution in [0.3, 0.4) is 0 Å². The standard InChI is InChI=1S/C10H18O/c1-5-9(3)7-8-10(6-2)11-4/h6-9H,5H2,1-4H3/b8-7-,10-6+. The Balaban J connectivity index is 3.89. The van der Waals surface area contributed by atoms with Crippen LogP contribution < -0.4 is 0 Å². The molecule has 0 saturated heterocycles. The zero-order valence-corrected chi connectivity index (χ0v) is 7.92. The molecule has 0 radical (unpaired) electrons. The van der Waals surface area contributed by atoms with E-state index in [0.29, 0.717) is 5.92 Å². The van der Waals surface area contributed by atoms with E-state index in [-0.39, 0.29) is 0 Å². The first kappa shape index (κ1) is 10.3. The highest BCUT2D eigenvalue weighted by atomic mass is 16.5. The quantitative estimate of drug-likeness (QED) is 0.446. The fourth-order valence-corrected chi connectivity index (χ4v) is 0.677. The number of allylic oxidation sites excluding steroid dienone is 3. The molecule has 0 aliphatic rings. The molecule has 0 spiro atoms. The summed E-state index contributed by atoms with van der Waals surface area (Å²) >= 11 is 0. The van der Waals surface area contributed by atoms with Gasteiger partial charge >= 0.3 is 0 Å². The van der Waals surface area contributed by atoms with Crippen molar-refractivity contribution in [3.63, 3.8) is 0 Å². The van der Waals surface area contributed by atoms with Crippen LogP contribution in [-0.2, 0) is 4.74 Å². The van der Waals surface area contributed by atoms with Crippen molar-refractivity contribution < 1.29 is 4.74 Å². The van der Waals surface area contributed by atoms with Crippen LogP contribution in [0.2, 0.25) is 0 Å². The molecule has 0 bridgehead atoms. The summed E-state index contributed by atoms with van der Waals surface area (Å²) in [6, 6.07) is 0. The summed E-state index contributed by atoms with van der Waals surface area (Å²) < 4.78 is 5.07. The third-order valence-corrected chi connectivity index (χ3v) is 1.75. The minimum Gasteiger partial charge on any atom is -0.497 e. The lowest BCUT2D eigenvalue weighted by atomic mass is 10.1. The van der Waals surface area contributed by atoms with Crippen LogP contribution in [-0.4, -0.2) is 7.11 Å². The number of ether oxygens (including phenoxy) is 1. The minimum atomic E-state index is 0.639. The van der Waals surface area contributed by atoms with Gasteiger partial charge in [0.05, 0.1) is 7.11 Å². The van der Waals surface area contributed by atoms with Gasteiger partial charge in [-0.3, -0.25) is 0 Å². The topological polar surface area (TPSA) is 9.23 Å². The molecule has 1 nitrogen and oxygen atoms in total. The number of rotatable bonds is 4. The number of methoxy groups -OCH3 is 1. The van der Waals surface area contributed by atoms with Gasteiger partial charge in [-0.15, -0.1) is 0 Å². The van der Waals surface area contributed by atoms with Crippen molar-refractivity contribution in [1.82, 2.24) is 0 Å². The molecule has 0 amide bonds. The number of hydrogen-bond donors (Lipinski definition) is 0. The Morgan fingerprint density at radius 2 is 2.18 bits per heavy atom. The van der Waals surface area contributed by atoms with Gasteiger partial charge in [0.1, 0.15) is 5.76 Å². The molecule has 0 aromatic heterocycles. The molecular weight excluding hydrogens is 136 g/mol. The second kappa shape index (κ2) is 6.02. The Morgan fingerprint density at radius 3 is 2.55 bits per heavy atom. The highest BCUT2D eigenvalue weighted by molar-refractivity contribution is 5.11. The Kier molecular flexibility index (Phi) is 5.63. The maximum Gasteiger partial charge on any atom is 0.114 e. The van der Waals surface area contributed by atoms with E-state index < -0.39 is 0 Å². The van der Waals surface area contributed by atoms with Crippen LogP contribution in [0.4, 0.5) is 0 Å². The van der Waals surface area contributed by atoms with Crippen molar-refractivity contribution in [3.05, 3.63) is 24.0 Å². The van der Waals surface area contributed by atoms with Crippen LogP contribution >= 0.6 is 0 Å². The van der Waals surface area contributed by atoms with Gasteiger partial charge in [0.15, 0.2) is 0 Å². The molecule has 0 rings (SSSR count). The second-order valence-corrected chi connectivity index (χ2v) is 2.64. The first-order chi connectivity index (χ1) is 5.24. The van der Waals surface area contributed by atoms with Gasteiger partial charge in [-0.1, -0.05) is 26.3 Å². The molecule has 0 aromatic carbocycles. The molecule has 0 fully saturated rings. The maximum atomic E-state index is 5.07. The van der Waals surface area contributed by atoms with Crippen LogP contribution in [0.1, 0.15) is 27.2 Å². The molecule has 11 heavy (non-hydrogen) atoms. The molecule has 0 heterocycles. The molecule has 0 aliphatic heterocycles. The molecule has 64 valence electrons. The molecule has 0 aliphatic carbocycles. The van der Waals surface area contributed by atoms with Crippen molar-refractivity contribution in [2.75, 3.05) is 7.11 Å². The van der Waals surface area contributed by atoms with E-state index in [1.54, 1.807) is 7.11 Å². The zero-order valence-electron chi connectivity index (χ0n) is 7.92. The summed E-state index contributed by atoms with van der Waals surface area (Å²) in [4.78, 5) is 0. The fraction of sp³-hybridized carbons (Fsp3) is 0.600. The average molecular weight is 154 g/mol. The van der Waals surface area contributed by atoms with E-state index in [2.05, 4.69) is 19.9 Å². The lowest BCUT2D eigenvalue weighted by Gasteiger charge is -2.01. The predicted molar refractivity (Wildman–Crippen MR) is 49.4 cm³/mol. The monoisotopic (exact) mass is 154 g/mol. The Hall–Kier alpha value is -0.720. The van der Waals surface area contributed by atoms with Crippen molar-refractivity contribution in [1.29, 1.82) is 0 Å². The van der Waals surface area contributed by atoms with Crippen molar-refractivity contribution >= 4 is 0 Å². The SMILES string of the molecule is C/C=C(\C=C/C(C)CC)OC. The summed E-state index contributed by atoms with van der Waals surface area (Å²) in [6.07, 6.45) is 7.32. The van der Waals surface area contributed by atoms with E-state index in [9.17, 15) is 0 Å². The van der Waals surface area contributed by atoms with Gasteiger partial charge in [-0.25, -0.2) is 0 Å². The smallest absolute Gasteiger partial charge is 0.114 e. The number of hydrogen-bond acceptors (Lipinski definition) is 1. The van der Waals surface area contributed by atoms with E-state index in [1.165, 1.54) is 6.42 Å². The Morgan fingerprint density at radius 1 is 1.55 bits per heavy atom. The van der Waals surface area contributed by atoms with E-state index in [1.807, 2.05) is 19.1 Å². The minimum absolute atomic E-state index is 0.639. The molecule has 1 atom stereocenters. The van der Waals surface area contributed by atoms with Crippen molar-refractivity contribution in [2.45, 2.75) is 27.2 Å². The van der Waals surface area contributed by atoms with Crippen LogP contribution in [0, 0.1) is 5.92 Å². The van der Waals surface area contributed by atoms with E-state index in [0.717, 1.165) is 5.76 Å². The Labute approximate surface area is 69.8 Å². The molecule has 1 unspecified atom stereocenters. The third kappa shape index (κ3) is 4.65. The molecular formula is C10H18O. The predicted octanol–water partition coefficient (Wildman–Crippen LogP) is 3.14. The van der Waals surface area contributed by atoms with Gasteiger partial charge in [-0.05, 0) is 25.0 Å². The molecule has 1 heteroatoms. The maximum absolute atomic E-state index is 5.07. The first-order valence-electron chi connectivity index (χ1n) is 4.13. The Bertz CT molecular complexity index is 145. The molecule has 0 N–H and O–H groups in total. The summed E-state index contributed by atoms with van der Waals surface area (Å²) in [5, 5.41) is 0. The van der Waals surface area contributed by atoms with Crippen molar-refractivity contribution in [2.24, 2.45) is 5.92 Å². The van der Waals surface area contributed by atoms with Crippen LogP contribution in [0.5, 0.6) is 0 Å². The average Bonchev–Trinajstić information content (AvgIpc) is 2.06. The van der Waals surface area contributed by atoms with Crippen LogP contribution in [0.15, 0.2) is 24.0 Å². The van der Waals surface area contributed by atoms with Crippen molar-refractivity contribution in [3.8, 4) is 0 Å². The zero-order chi connectivity index (χ0) is 8.69. The van der Waals surface area contributed by atoms with Crippen LogP contribution in [0.25, 0.3) is 0 Å². The van der Waals surface area contributed by atoms with Gasteiger partial charge in [0, 0.05) is 0 Å². The summed E-state index contributed by atoms with van der Waals surface area (Å²) in [5.74, 6) is 1.57. The summed E-state index contributed by atoms with van der Waals surface area (Å²) in [5.41, 5.74) is 0. The van der Waals surface area contributed by atoms with Gasteiger partial charge < -0.3 is 4.74 Å². The summed E-state index contributed by atoms with van der Waals surface area (Å²) in [7, 11) is 1.69. The first-order valence-corrected chi connectivity index (χ1v) is 4.13. The fourth-order valence-electron chi connectivity index (χ4n) is 0.677. The van der Waals surface area contributed by atoms with E-state index >= 15 is 0 Å².